The van der Waals surface area contributed by atoms with Crippen molar-refractivity contribution in [1.29, 1.82) is 0 Å². The molecule has 0 bridgehead atoms. The number of rotatable bonds is 4. The van der Waals surface area contributed by atoms with E-state index in [9.17, 15) is 4.79 Å². The first-order chi connectivity index (χ1) is 11.5. The predicted octanol–water partition coefficient (Wildman–Crippen LogP) is 5.35. The number of hydrogen-bond donors (Lipinski definition) is 1. The van der Waals surface area contributed by atoms with Crippen LogP contribution in [0.3, 0.4) is 0 Å². The van der Waals surface area contributed by atoms with E-state index in [1.165, 1.54) is 5.56 Å². The van der Waals surface area contributed by atoms with Gasteiger partial charge in [-0.25, -0.2) is 0 Å². The van der Waals surface area contributed by atoms with Crippen LogP contribution in [0.4, 0.5) is 5.69 Å². The molecular weight excluding hydrogens is 296 g/mol. The Morgan fingerprint density at radius 1 is 1.12 bits per heavy atom. The number of carbonyl (C=O) groups is 1. The van der Waals surface area contributed by atoms with E-state index >= 15 is 0 Å². The molecule has 0 unspecified atom stereocenters. The highest BCUT2D eigenvalue weighted by atomic mass is 16.1. The maximum Gasteiger partial charge on any atom is 0.257 e. The first kappa shape index (κ1) is 16.3. The van der Waals surface area contributed by atoms with Crippen LogP contribution in [0.15, 0.2) is 48.7 Å². The highest BCUT2D eigenvalue weighted by molar-refractivity contribution is 6.13. The lowest BCUT2D eigenvalue weighted by Gasteiger charge is -2.16. The minimum atomic E-state index is -0.0467. The van der Waals surface area contributed by atoms with Crippen molar-refractivity contribution >= 4 is 22.5 Å². The molecule has 0 atom stereocenters. The van der Waals surface area contributed by atoms with E-state index in [-0.39, 0.29) is 5.91 Å². The Morgan fingerprint density at radius 3 is 2.58 bits per heavy atom. The van der Waals surface area contributed by atoms with Gasteiger partial charge in [0.15, 0.2) is 0 Å². The van der Waals surface area contributed by atoms with E-state index in [1.54, 1.807) is 0 Å². The SMILES string of the molecule is CCn1cc(C(=O)Nc2c(C)cccc2C(C)C)c2ccccc21. The number of fused-ring (bicyclic) bond motifs is 1. The molecule has 0 spiro atoms. The fourth-order valence-corrected chi connectivity index (χ4v) is 3.21. The van der Waals surface area contributed by atoms with Crippen LogP contribution >= 0.6 is 0 Å². The van der Waals surface area contributed by atoms with Crippen LogP contribution in [0.5, 0.6) is 0 Å². The number of benzene rings is 2. The van der Waals surface area contributed by atoms with Gasteiger partial charge in [0.2, 0.25) is 0 Å². The van der Waals surface area contributed by atoms with Crippen molar-refractivity contribution in [2.75, 3.05) is 5.32 Å². The van der Waals surface area contributed by atoms with Gasteiger partial charge in [-0.3, -0.25) is 4.79 Å². The minimum Gasteiger partial charge on any atom is -0.347 e. The van der Waals surface area contributed by atoms with Crippen molar-refractivity contribution in [2.24, 2.45) is 0 Å². The molecule has 1 N–H and O–H groups in total. The first-order valence-corrected chi connectivity index (χ1v) is 8.51. The molecule has 1 heterocycles. The highest BCUT2D eigenvalue weighted by Crippen LogP contribution is 2.29. The Morgan fingerprint density at radius 2 is 1.88 bits per heavy atom. The molecule has 3 nitrogen and oxygen atoms in total. The fraction of sp³-hybridized carbons (Fsp3) is 0.286. The molecule has 0 saturated heterocycles. The number of anilines is 1. The zero-order valence-corrected chi connectivity index (χ0v) is 14.8. The molecule has 0 aliphatic rings. The highest BCUT2D eigenvalue weighted by Gasteiger charge is 2.17. The number of aryl methyl sites for hydroxylation is 2. The molecule has 3 aromatic rings. The second-order valence-electron chi connectivity index (χ2n) is 6.49. The Hall–Kier alpha value is -2.55. The van der Waals surface area contributed by atoms with Crippen LogP contribution in [0.2, 0.25) is 0 Å². The van der Waals surface area contributed by atoms with Gasteiger partial charge < -0.3 is 9.88 Å². The normalized spacial score (nSPS) is 11.2. The standard InChI is InChI=1S/C21H24N2O/c1-5-23-13-18(17-10-6-7-12-19(17)23)21(24)22-20-15(4)9-8-11-16(20)14(2)3/h6-14H,5H2,1-4H3,(H,22,24). The second-order valence-corrected chi connectivity index (χ2v) is 6.49. The maximum atomic E-state index is 13.0. The topological polar surface area (TPSA) is 34.0 Å². The van der Waals surface area contributed by atoms with Crippen LogP contribution in [0.25, 0.3) is 10.9 Å². The van der Waals surface area contributed by atoms with Gasteiger partial charge >= 0.3 is 0 Å². The third kappa shape index (κ3) is 2.82. The average Bonchev–Trinajstić information content (AvgIpc) is 2.95. The van der Waals surface area contributed by atoms with Gasteiger partial charge in [0, 0.05) is 29.3 Å². The third-order valence-electron chi connectivity index (χ3n) is 4.54. The number of nitrogens with zero attached hydrogens (tertiary/aromatic N) is 1. The van der Waals surface area contributed by atoms with E-state index < -0.39 is 0 Å². The summed E-state index contributed by atoms with van der Waals surface area (Å²) in [6, 6.07) is 14.2. The van der Waals surface area contributed by atoms with Crippen molar-refractivity contribution in [3.05, 3.63) is 65.4 Å². The predicted molar refractivity (Wildman–Crippen MR) is 101 cm³/mol. The molecule has 0 aliphatic carbocycles. The first-order valence-electron chi connectivity index (χ1n) is 8.51. The summed E-state index contributed by atoms with van der Waals surface area (Å²) < 4.78 is 2.12. The molecule has 3 heteroatoms. The molecule has 0 saturated carbocycles. The Labute approximate surface area is 143 Å². The number of hydrogen-bond acceptors (Lipinski definition) is 1. The summed E-state index contributed by atoms with van der Waals surface area (Å²) in [5.74, 6) is 0.312. The number of carbonyl (C=O) groups excluding carboxylic acids is 1. The molecule has 124 valence electrons. The maximum absolute atomic E-state index is 13.0. The monoisotopic (exact) mass is 320 g/mol. The van der Waals surface area contributed by atoms with Crippen molar-refractivity contribution in [2.45, 2.75) is 40.2 Å². The number of para-hydroxylation sites is 2. The molecule has 0 fully saturated rings. The van der Waals surface area contributed by atoms with Crippen LogP contribution in [0.1, 0.15) is 48.2 Å². The zero-order chi connectivity index (χ0) is 17.3. The van der Waals surface area contributed by atoms with E-state index in [1.807, 2.05) is 43.5 Å². The summed E-state index contributed by atoms with van der Waals surface area (Å²) in [6.45, 7) is 9.26. The summed E-state index contributed by atoms with van der Waals surface area (Å²) in [5.41, 5.74) is 5.02. The molecule has 0 radical (unpaired) electrons. The lowest BCUT2D eigenvalue weighted by Crippen LogP contribution is -2.14. The quantitative estimate of drug-likeness (QED) is 0.691. The van der Waals surface area contributed by atoms with Crippen molar-refractivity contribution in [3.63, 3.8) is 0 Å². The summed E-state index contributed by atoms with van der Waals surface area (Å²) in [4.78, 5) is 13.0. The average molecular weight is 320 g/mol. The van der Waals surface area contributed by atoms with Gasteiger partial charge in [-0.2, -0.15) is 0 Å². The molecule has 24 heavy (non-hydrogen) atoms. The van der Waals surface area contributed by atoms with E-state index in [0.717, 1.165) is 34.3 Å². The second kappa shape index (κ2) is 6.52. The molecule has 2 aromatic carbocycles. The largest absolute Gasteiger partial charge is 0.347 e. The lowest BCUT2D eigenvalue weighted by molar-refractivity contribution is 0.102. The van der Waals surface area contributed by atoms with Gasteiger partial charge in [-0.05, 0) is 37.0 Å². The van der Waals surface area contributed by atoms with Gasteiger partial charge in [-0.1, -0.05) is 50.2 Å². The third-order valence-corrected chi connectivity index (χ3v) is 4.54. The van der Waals surface area contributed by atoms with Crippen molar-refractivity contribution in [1.82, 2.24) is 4.57 Å². The summed E-state index contributed by atoms with van der Waals surface area (Å²) >= 11 is 0. The number of aromatic nitrogens is 1. The smallest absolute Gasteiger partial charge is 0.257 e. The van der Waals surface area contributed by atoms with Crippen LogP contribution < -0.4 is 5.32 Å². The van der Waals surface area contributed by atoms with Gasteiger partial charge in [0.25, 0.3) is 5.91 Å². The van der Waals surface area contributed by atoms with Crippen LogP contribution in [0, 0.1) is 6.92 Å². The summed E-state index contributed by atoms with van der Waals surface area (Å²) in [6.07, 6.45) is 1.95. The lowest BCUT2D eigenvalue weighted by atomic mass is 9.98. The summed E-state index contributed by atoms with van der Waals surface area (Å²) in [5, 5.41) is 4.15. The number of nitrogens with one attached hydrogen (secondary N) is 1. The summed E-state index contributed by atoms with van der Waals surface area (Å²) in [7, 11) is 0. The Bertz CT molecular complexity index is 890. The van der Waals surface area contributed by atoms with Crippen molar-refractivity contribution in [3.8, 4) is 0 Å². The number of amides is 1. The fourth-order valence-electron chi connectivity index (χ4n) is 3.21. The van der Waals surface area contributed by atoms with Crippen molar-refractivity contribution < 1.29 is 4.79 Å². The van der Waals surface area contributed by atoms with Gasteiger partial charge in [-0.15, -0.1) is 0 Å². The van der Waals surface area contributed by atoms with E-state index in [2.05, 4.69) is 42.8 Å². The molecule has 0 aliphatic heterocycles. The molecular formula is C21H24N2O. The molecule has 1 aromatic heterocycles. The Balaban J connectivity index is 2.03. The van der Waals surface area contributed by atoms with Gasteiger partial charge in [0.05, 0.1) is 5.56 Å². The van der Waals surface area contributed by atoms with E-state index in [4.69, 9.17) is 0 Å². The Kier molecular flexibility index (Phi) is 4.43. The van der Waals surface area contributed by atoms with Crippen LogP contribution in [-0.4, -0.2) is 10.5 Å². The minimum absolute atomic E-state index is 0.0467. The zero-order valence-electron chi connectivity index (χ0n) is 14.8. The molecule has 3 rings (SSSR count). The van der Waals surface area contributed by atoms with Crippen LogP contribution in [-0.2, 0) is 6.54 Å². The van der Waals surface area contributed by atoms with E-state index in [0.29, 0.717) is 5.92 Å². The van der Waals surface area contributed by atoms with Gasteiger partial charge in [0.1, 0.15) is 0 Å². The molecule has 1 amide bonds.